The van der Waals surface area contributed by atoms with Crippen molar-refractivity contribution in [2.75, 3.05) is 6.61 Å². The topological polar surface area (TPSA) is 26.3 Å². The summed E-state index contributed by atoms with van der Waals surface area (Å²) in [5, 5.41) is 0. The van der Waals surface area contributed by atoms with E-state index in [-0.39, 0.29) is 11.6 Å². The molecule has 1 heterocycles. The number of ether oxygens (including phenoxy) is 1. The number of hydrogen-bond donors (Lipinski definition) is 0. The molecule has 0 fully saturated rings. The molecule has 0 aliphatic carbocycles. The van der Waals surface area contributed by atoms with Gasteiger partial charge in [0.15, 0.2) is 5.78 Å². The van der Waals surface area contributed by atoms with E-state index in [1.165, 1.54) is 12.3 Å². The molecule has 0 aromatic heterocycles. The van der Waals surface area contributed by atoms with E-state index in [9.17, 15) is 9.18 Å². The van der Waals surface area contributed by atoms with Crippen molar-refractivity contribution in [2.45, 2.75) is 13.3 Å². The van der Waals surface area contributed by atoms with Gasteiger partial charge in [-0.3, -0.25) is 4.79 Å². The van der Waals surface area contributed by atoms with Crippen molar-refractivity contribution in [3.63, 3.8) is 0 Å². The minimum Gasteiger partial charge on any atom is -0.500 e. The third-order valence-electron chi connectivity index (χ3n) is 2.52. The monoisotopic (exact) mass is 206 g/mol. The Kier molecular flexibility index (Phi) is 2.54. The molecular weight excluding hydrogens is 195 g/mol. The molecule has 0 saturated heterocycles. The first-order valence-corrected chi connectivity index (χ1v) is 4.80. The second-order valence-electron chi connectivity index (χ2n) is 3.51. The van der Waals surface area contributed by atoms with E-state index >= 15 is 0 Å². The van der Waals surface area contributed by atoms with E-state index in [4.69, 9.17) is 4.74 Å². The highest BCUT2D eigenvalue weighted by molar-refractivity contribution is 6.09. The summed E-state index contributed by atoms with van der Waals surface area (Å²) in [5.74, 6) is -0.482. The molecule has 78 valence electrons. The van der Waals surface area contributed by atoms with Gasteiger partial charge in [-0.15, -0.1) is 0 Å². The highest BCUT2D eigenvalue weighted by atomic mass is 19.1. The number of ketones is 1. The smallest absolute Gasteiger partial charge is 0.192 e. The zero-order valence-corrected chi connectivity index (χ0v) is 8.42. The summed E-state index contributed by atoms with van der Waals surface area (Å²) in [4.78, 5) is 11.9. The van der Waals surface area contributed by atoms with Gasteiger partial charge in [0.05, 0.1) is 12.9 Å². The fourth-order valence-corrected chi connectivity index (χ4v) is 1.58. The molecule has 2 nitrogen and oxygen atoms in total. The predicted molar refractivity (Wildman–Crippen MR) is 54.1 cm³/mol. The third kappa shape index (κ3) is 1.77. The number of carbonyl (C=O) groups is 1. The number of Topliss-reactive ketones (excluding diaryl/α,β-unsaturated/α-hetero) is 1. The predicted octanol–water partition coefficient (Wildman–Crippen LogP) is 2.62. The maximum atomic E-state index is 13.2. The quantitative estimate of drug-likeness (QED) is 0.695. The summed E-state index contributed by atoms with van der Waals surface area (Å²) in [6, 6.07) is 4.54. The SMILES string of the molecule is Cc1c(F)cccc1C(=O)C1=COCC1. The Balaban J connectivity index is 2.37. The van der Waals surface area contributed by atoms with Gasteiger partial charge in [-0.2, -0.15) is 0 Å². The lowest BCUT2D eigenvalue weighted by Crippen LogP contribution is -2.05. The van der Waals surface area contributed by atoms with Crippen LogP contribution >= 0.6 is 0 Å². The van der Waals surface area contributed by atoms with Gasteiger partial charge in [-0.25, -0.2) is 4.39 Å². The standard InChI is InChI=1S/C12H11FO2/c1-8-10(3-2-4-11(8)13)12(14)9-5-6-15-7-9/h2-4,7H,5-6H2,1H3. The van der Waals surface area contributed by atoms with Crippen LogP contribution in [0.2, 0.25) is 0 Å². The summed E-state index contributed by atoms with van der Waals surface area (Å²) in [5.41, 5.74) is 1.44. The maximum absolute atomic E-state index is 13.2. The Morgan fingerprint density at radius 1 is 1.47 bits per heavy atom. The van der Waals surface area contributed by atoms with Crippen LogP contribution in [0.3, 0.4) is 0 Å². The Morgan fingerprint density at radius 3 is 2.93 bits per heavy atom. The normalized spacial score (nSPS) is 14.7. The molecule has 0 atom stereocenters. The Bertz CT molecular complexity index is 435. The van der Waals surface area contributed by atoms with Gasteiger partial charge in [0.25, 0.3) is 0 Å². The lowest BCUT2D eigenvalue weighted by atomic mass is 9.98. The molecule has 3 heteroatoms. The Morgan fingerprint density at radius 2 is 2.27 bits per heavy atom. The largest absolute Gasteiger partial charge is 0.500 e. The maximum Gasteiger partial charge on any atom is 0.192 e. The van der Waals surface area contributed by atoms with E-state index in [0.717, 1.165) is 0 Å². The summed E-state index contributed by atoms with van der Waals surface area (Å²) >= 11 is 0. The van der Waals surface area contributed by atoms with Crippen LogP contribution in [-0.2, 0) is 4.74 Å². The van der Waals surface area contributed by atoms with Crippen LogP contribution in [0.25, 0.3) is 0 Å². The summed E-state index contributed by atoms with van der Waals surface area (Å²) in [6.45, 7) is 2.15. The average Bonchev–Trinajstić information content (AvgIpc) is 2.74. The van der Waals surface area contributed by atoms with Crippen molar-refractivity contribution < 1.29 is 13.9 Å². The number of halogens is 1. The summed E-state index contributed by atoms with van der Waals surface area (Å²) in [6.07, 6.45) is 2.07. The summed E-state index contributed by atoms with van der Waals surface area (Å²) < 4.78 is 18.2. The number of benzene rings is 1. The molecule has 1 aliphatic rings. The molecule has 1 aromatic carbocycles. The lowest BCUT2D eigenvalue weighted by molar-refractivity contribution is 0.103. The van der Waals surface area contributed by atoms with Crippen LogP contribution in [0.15, 0.2) is 30.0 Å². The molecule has 0 radical (unpaired) electrons. The molecule has 0 amide bonds. The van der Waals surface area contributed by atoms with Crippen LogP contribution in [0, 0.1) is 12.7 Å². The van der Waals surface area contributed by atoms with Crippen molar-refractivity contribution in [1.82, 2.24) is 0 Å². The fraction of sp³-hybridized carbons (Fsp3) is 0.250. The van der Waals surface area contributed by atoms with Crippen LogP contribution in [0.5, 0.6) is 0 Å². The first-order chi connectivity index (χ1) is 7.20. The highest BCUT2D eigenvalue weighted by Crippen LogP contribution is 2.20. The average molecular weight is 206 g/mol. The number of hydrogen-bond acceptors (Lipinski definition) is 2. The van der Waals surface area contributed by atoms with Crippen LogP contribution in [0.1, 0.15) is 22.3 Å². The van der Waals surface area contributed by atoms with Gasteiger partial charge in [-0.1, -0.05) is 12.1 Å². The van der Waals surface area contributed by atoms with Gasteiger partial charge in [0.1, 0.15) is 5.82 Å². The molecule has 15 heavy (non-hydrogen) atoms. The minimum atomic E-state index is -0.347. The fourth-order valence-electron chi connectivity index (χ4n) is 1.58. The van der Waals surface area contributed by atoms with E-state index < -0.39 is 0 Å². The van der Waals surface area contributed by atoms with E-state index in [1.807, 2.05) is 0 Å². The second kappa shape index (κ2) is 3.85. The van der Waals surface area contributed by atoms with Gasteiger partial charge in [-0.05, 0) is 18.6 Å². The van der Waals surface area contributed by atoms with E-state index in [2.05, 4.69) is 0 Å². The minimum absolute atomic E-state index is 0.135. The molecule has 0 saturated carbocycles. The lowest BCUT2D eigenvalue weighted by Gasteiger charge is -2.04. The molecular formula is C12H11FO2. The molecule has 2 rings (SSSR count). The number of carbonyl (C=O) groups excluding carboxylic acids is 1. The van der Waals surface area contributed by atoms with Crippen molar-refractivity contribution in [1.29, 1.82) is 0 Å². The molecule has 1 aliphatic heterocycles. The van der Waals surface area contributed by atoms with Gasteiger partial charge >= 0.3 is 0 Å². The van der Waals surface area contributed by atoms with Gasteiger partial charge < -0.3 is 4.74 Å². The highest BCUT2D eigenvalue weighted by Gasteiger charge is 2.19. The number of rotatable bonds is 2. The van der Waals surface area contributed by atoms with Crippen LogP contribution in [-0.4, -0.2) is 12.4 Å². The van der Waals surface area contributed by atoms with Crippen molar-refractivity contribution in [2.24, 2.45) is 0 Å². The van der Waals surface area contributed by atoms with Crippen molar-refractivity contribution in [3.05, 3.63) is 47.0 Å². The van der Waals surface area contributed by atoms with Crippen molar-refractivity contribution >= 4 is 5.78 Å². The molecule has 0 bridgehead atoms. The Labute approximate surface area is 87.4 Å². The zero-order valence-electron chi connectivity index (χ0n) is 8.42. The molecule has 0 unspecified atom stereocenters. The van der Waals surface area contributed by atoms with Gasteiger partial charge in [0, 0.05) is 17.6 Å². The van der Waals surface area contributed by atoms with Crippen LogP contribution in [0.4, 0.5) is 4.39 Å². The summed E-state index contributed by atoms with van der Waals surface area (Å²) in [7, 11) is 0. The third-order valence-corrected chi connectivity index (χ3v) is 2.52. The molecule has 0 N–H and O–H groups in total. The Hall–Kier alpha value is -1.64. The first-order valence-electron chi connectivity index (χ1n) is 4.80. The van der Waals surface area contributed by atoms with E-state index in [0.29, 0.717) is 29.7 Å². The molecule has 1 aromatic rings. The van der Waals surface area contributed by atoms with Crippen LogP contribution < -0.4 is 0 Å². The zero-order chi connectivity index (χ0) is 10.8. The first kappa shape index (κ1) is 9.90. The second-order valence-corrected chi connectivity index (χ2v) is 3.51. The molecule has 0 spiro atoms. The van der Waals surface area contributed by atoms with E-state index in [1.54, 1.807) is 19.1 Å². The van der Waals surface area contributed by atoms with Gasteiger partial charge in [0.2, 0.25) is 0 Å². The van der Waals surface area contributed by atoms with Crippen molar-refractivity contribution in [3.8, 4) is 0 Å².